The Labute approximate surface area is 156 Å². The standard InChI is InChI=1S/C18H25F3N2O4/c1-23(11-17(25)22-9-16-3-2-8-26-16)10-14(24)12-27-15-6-4-13(5-7-15)18(19,20)21/h4-7,14,16,24H,2-3,8-12H2,1H3,(H,22,25). The smallest absolute Gasteiger partial charge is 0.416 e. The van der Waals surface area contributed by atoms with Crippen molar-refractivity contribution >= 4 is 5.91 Å². The number of halogens is 3. The molecule has 1 aromatic rings. The minimum atomic E-state index is -4.40. The van der Waals surface area contributed by atoms with Crippen LogP contribution >= 0.6 is 0 Å². The highest BCUT2D eigenvalue weighted by molar-refractivity contribution is 5.78. The number of rotatable bonds is 9. The van der Waals surface area contributed by atoms with Crippen LogP contribution in [0.4, 0.5) is 13.2 Å². The zero-order valence-electron chi connectivity index (χ0n) is 15.2. The molecule has 6 nitrogen and oxygen atoms in total. The fourth-order valence-electron chi connectivity index (χ4n) is 2.74. The van der Waals surface area contributed by atoms with Crippen molar-refractivity contribution in [3.8, 4) is 5.75 Å². The van der Waals surface area contributed by atoms with Gasteiger partial charge in [-0.15, -0.1) is 0 Å². The van der Waals surface area contributed by atoms with Crippen LogP contribution in [0.5, 0.6) is 5.75 Å². The van der Waals surface area contributed by atoms with E-state index in [9.17, 15) is 23.1 Å². The molecule has 1 aromatic carbocycles. The molecule has 0 aromatic heterocycles. The molecule has 0 spiro atoms. The van der Waals surface area contributed by atoms with Crippen LogP contribution in [0, 0.1) is 0 Å². The highest BCUT2D eigenvalue weighted by Gasteiger charge is 2.30. The van der Waals surface area contributed by atoms with E-state index in [0.717, 1.165) is 31.6 Å². The fraction of sp³-hybridized carbons (Fsp3) is 0.611. The lowest BCUT2D eigenvalue weighted by molar-refractivity contribution is -0.137. The molecular formula is C18H25F3N2O4. The molecule has 1 aliphatic heterocycles. The number of ether oxygens (including phenoxy) is 2. The van der Waals surface area contributed by atoms with Gasteiger partial charge in [-0.25, -0.2) is 0 Å². The van der Waals surface area contributed by atoms with Gasteiger partial charge in [-0.05, 0) is 44.2 Å². The van der Waals surface area contributed by atoms with E-state index in [2.05, 4.69) is 5.32 Å². The van der Waals surface area contributed by atoms with Crippen molar-refractivity contribution in [1.82, 2.24) is 10.2 Å². The Bertz CT molecular complexity index is 589. The number of amides is 1. The van der Waals surface area contributed by atoms with Gasteiger partial charge < -0.3 is 19.9 Å². The molecule has 1 saturated heterocycles. The van der Waals surface area contributed by atoms with Crippen LogP contribution in [0.2, 0.25) is 0 Å². The molecule has 2 rings (SSSR count). The lowest BCUT2D eigenvalue weighted by Crippen LogP contribution is -2.42. The minimum absolute atomic E-state index is 0.0713. The van der Waals surface area contributed by atoms with Crippen molar-refractivity contribution in [2.24, 2.45) is 0 Å². The Morgan fingerprint density at radius 1 is 1.41 bits per heavy atom. The predicted octanol–water partition coefficient (Wildman–Crippen LogP) is 1.67. The molecule has 2 unspecified atom stereocenters. The van der Waals surface area contributed by atoms with Gasteiger partial charge in [0.1, 0.15) is 18.5 Å². The summed E-state index contributed by atoms with van der Waals surface area (Å²) in [5.74, 6) is 0.0721. The number of aliphatic hydroxyl groups excluding tert-OH is 1. The minimum Gasteiger partial charge on any atom is -0.491 e. The quantitative estimate of drug-likeness (QED) is 0.671. The number of nitrogens with one attached hydrogen (secondary N) is 1. The molecule has 1 fully saturated rings. The number of carbonyl (C=O) groups is 1. The van der Waals surface area contributed by atoms with Gasteiger partial charge in [-0.1, -0.05) is 0 Å². The maximum atomic E-state index is 12.5. The van der Waals surface area contributed by atoms with Crippen LogP contribution in [-0.2, 0) is 15.7 Å². The van der Waals surface area contributed by atoms with Gasteiger partial charge in [0, 0.05) is 19.7 Å². The molecule has 1 heterocycles. The van der Waals surface area contributed by atoms with Crippen molar-refractivity contribution in [3.05, 3.63) is 29.8 Å². The summed E-state index contributed by atoms with van der Waals surface area (Å²) in [6, 6.07) is 4.26. The Morgan fingerprint density at radius 3 is 2.70 bits per heavy atom. The summed E-state index contributed by atoms with van der Waals surface area (Å²) in [5, 5.41) is 12.8. The van der Waals surface area contributed by atoms with Crippen LogP contribution in [0.3, 0.4) is 0 Å². The van der Waals surface area contributed by atoms with Gasteiger partial charge in [0.2, 0.25) is 5.91 Å². The van der Waals surface area contributed by atoms with Gasteiger partial charge in [0.05, 0.1) is 18.2 Å². The third kappa shape index (κ3) is 7.74. The zero-order chi connectivity index (χ0) is 19.9. The number of hydrogen-bond acceptors (Lipinski definition) is 5. The second kappa shape index (κ2) is 9.91. The third-order valence-electron chi connectivity index (χ3n) is 4.11. The highest BCUT2D eigenvalue weighted by atomic mass is 19.4. The maximum Gasteiger partial charge on any atom is 0.416 e. The largest absolute Gasteiger partial charge is 0.491 e. The molecule has 152 valence electrons. The van der Waals surface area contributed by atoms with Gasteiger partial charge in [-0.3, -0.25) is 9.69 Å². The first-order chi connectivity index (χ1) is 12.7. The molecular weight excluding hydrogens is 365 g/mol. The lowest BCUT2D eigenvalue weighted by atomic mass is 10.2. The lowest BCUT2D eigenvalue weighted by Gasteiger charge is -2.21. The molecule has 1 amide bonds. The van der Waals surface area contributed by atoms with E-state index in [-0.39, 0.29) is 37.5 Å². The monoisotopic (exact) mass is 390 g/mol. The summed E-state index contributed by atoms with van der Waals surface area (Å²) in [6.07, 6.45) is -3.27. The Balaban J connectivity index is 1.65. The van der Waals surface area contributed by atoms with E-state index < -0.39 is 17.8 Å². The number of hydrogen-bond donors (Lipinski definition) is 2. The van der Waals surface area contributed by atoms with Crippen LogP contribution in [0.15, 0.2) is 24.3 Å². The van der Waals surface area contributed by atoms with Crippen molar-refractivity contribution < 1.29 is 32.5 Å². The normalized spacial score (nSPS) is 18.5. The molecule has 0 radical (unpaired) electrons. The highest BCUT2D eigenvalue weighted by Crippen LogP contribution is 2.30. The van der Waals surface area contributed by atoms with Crippen LogP contribution in [0.25, 0.3) is 0 Å². The zero-order valence-corrected chi connectivity index (χ0v) is 15.2. The van der Waals surface area contributed by atoms with E-state index in [1.807, 2.05) is 0 Å². The first kappa shape index (κ1) is 21.5. The number of likely N-dealkylation sites (N-methyl/N-ethyl adjacent to an activating group) is 1. The van der Waals surface area contributed by atoms with Gasteiger partial charge in [0.15, 0.2) is 0 Å². The van der Waals surface area contributed by atoms with Crippen molar-refractivity contribution in [3.63, 3.8) is 0 Å². The molecule has 2 atom stereocenters. The average molecular weight is 390 g/mol. The summed E-state index contributed by atoms with van der Waals surface area (Å²) in [6.45, 7) is 1.42. The van der Waals surface area contributed by atoms with E-state index in [1.54, 1.807) is 11.9 Å². The second-order valence-electron chi connectivity index (χ2n) is 6.62. The summed E-state index contributed by atoms with van der Waals surface area (Å²) >= 11 is 0. The number of alkyl halides is 3. The predicted molar refractivity (Wildman–Crippen MR) is 92.4 cm³/mol. The van der Waals surface area contributed by atoms with Gasteiger partial charge >= 0.3 is 6.18 Å². The summed E-state index contributed by atoms with van der Waals surface area (Å²) < 4.78 is 48.2. The molecule has 2 N–H and O–H groups in total. The van der Waals surface area contributed by atoms with Crippen molar-refractivity contribution in [1.29, 1.82) is 0 Å². The number of carbonyl (C=O) groups excluding carboxylic acids is 1. The van der Waals surface area contributed by atoms with E-state index in [0.29, 0.717) is 6.54 Å². The van der Waals surface area contributed by atoms with Crippen LogP contribution in [-0.4, -0.2) is 68.0 Å². The maximum absolute atomic E-state index is 12.5. The first-order valence-corrected chi connectivity index (χ1v) is 8.79. The van der Waals surface area contributed by atoms with Crippen LogP contribution < -0.4 is 10.1 Å². The Morgan fingerprint density at radius 2 is 2.11 bits per heavy atom. The third-order valence-corrected chi connectivity index (χ3v) is 4.11. The van der Waals surface area contributed by atoms with Crippen molar-refractivity contribution in [2.75, 3.05) is 39.9 Å². The van der Waals surface area contributed by atoms with E-state index in [4.69, 9.17) is 9.47 Å². The molecule has 0 aliphatic carbocycles. The van der Waals surface area contributed by atoms with Gasteiger partial charge in [0.25, 0.3) is 0 Å². The molecule has 0 saturated carbocycles. The Kier molecular flexibility index (Phi) is 7.88. The molecule has 27 heavy (non-hydrogen) atoms. The van der Waals surface area contributed by atoms with E-state index in [1.165, 1.54) is 12.1 Å². The summed E-state index contributed by atoms with van der Waals surface area (Å²) in [4.78, 5) is 13.5. The van der Waals surface area contributed by atoms with Gasteiger partial charge in [-0.2, -0.15) is 13.2 Å². The topological polar surface area (TPSA) is 71.0 Å². The first-order valence-electron chi connectivity index (χ1n) is 8.79. The fourth-order valence-corrected chi connectivity index (χ4v) is 2.74. The number of aliphatic hydroxyl groups is 1. The average Bonchev–Trinajstić information content (AvgIpc) is 3.11. The van der Waals surface area contributed by atoms with E-state index >= 15 is 0 Å². The molecule has 1 aliphatic rings. The SMILES string of the molecule is CN(CC(=O)NCC1CCCO1)CC(O)COc1ccc(C(F)(F)F)cc1. The second-order valence-corrected chi connectivity index (χ2v) is 6.62. The molecule has 9 heteroatoms. The van der Waals surface area contributed by atoms with Crippen LogP contribution in [0.1, 0.15) is 18.4 Å². The number of nitrogens with zero attached hydrogens (tertiary/aromatic N) is 1. The molecule has 0 bridgehead atoms. The summed E-state index contributed by atoms with van der Waals surface area (Å²) in [5.41, 5.74) is -0.760. The summed E-state index contributed by atoms with van der Waals surface area (Å²) in [7, 11) is 1.69. The number of benzene rings is 1. The van der Waals surface area contributed by atoms with Crippen molar-refractivity contribution in [2.45, 2.75) is 31.2 Å². The Hall–Kier alpha value is -1.84.